The number of hydrogen-bond donors (Lipinski definition) is 0. The topological polar surface area (TPSA) is 56.4 Å². The fourth-order valence-corrected chi connectivity index (χ4v) is 6.30. The van der Waals surface area contributed by atoms with Gasteiger partial charge in [-0.15, -0.1) is 41.6 Å². The van der Waals surface area contributed by atoms with Gasteiger partial charge >= 0.3 is 0 Å². The van der Waals surface area contributed by atoms with Crippen LogP contribution in [0.5, 0.6) is 0 Å². The number of aryl methyl sites for hydroxylation is 3. The summed E-state index contributed by atoms with van der Waals surface area (Å²) in [6.45, 7) is 6.44. The van der Waals surface area contributed by atoms with E-state index >= 15 is 0 Å². The molecule has 4 nitrogen and oxygen atoms in total. The SMILES string of the molecule is Cc1cc(C)c(/C(=C2\C=CC=N2)c2ccc[n-]2)c(C)c1.O=C1c2ccccc2-c2cccc3nc(-c4[c-]cccc4)cc1c23.[Ir]. The Bertz CT molecular complexity index is 2120. The molecule has 6 aromatic rings. The Morgan fingerprint density at radius 1 is 0.778 bits per heavy atom. The first-order valence-electron chi connectivity index (χ1n) is 14.7. The van der Waals surface area contributed by atoms with E-state index in [1.807, 2.05) is 103 Å². The van der Waals surface area contributed by atoms with Crippen LogP contribution in [-0.2, 0) is 20.1 Å². The smallest absolute Gasteiger partial charge is 0.193 e. The van der Waals surface area contributed by atoms with Crippen LogP contribution in [0, 0.1) is 26.8 Å². The zero-order valence-corrected chi connectivity index (χ0v) is 27.5. The summed E-state index contributed by atoms with van der Waals surface area (Å²) in [5.74, 6) is 0.0638. The quantitative estimate of drug-likeness (QED) is 0.169. The van der Waals surface area contributed by atoms with Gasteiger partial charge in [0, 0.05) is 42.8 Å². The molecule has 0 amide bonds. The Hall–Kier alpha value is -4.96. The number of carbonyl (C=O) groups excluding carboxylic acids is 1. The molecule has 1 radical (unpaired) electrons. The van der Waals surface area contributed by atoms with Crippen molar-refractivity contribution in [2.75, 3.05) is 0 Å². The Kier molecular flexibility index (Phi) is 8.40. The summed E-state index contributed by atoms with van der Waals surface area (Å²) in [4.78, 5) is 26.8. The summed E-state index contributed by atoms with van der Waals surface area (Å²) in [5, 5.41) is 0.945. The Morgan fingerprint density at radius 2 is 1.53 bits per heavy atom. The van der Waals surface area contributed by atoms with Crippen LogP contribution >= 0.6 is 0 Å². The molecule has 0 unspecified atom stereocenters. The number of pyridine rings is 1. The monoisotopic (exact) mass is 760 g/mol. The summed E-state index contributed by atoms with van der Waals surface area (Å²) in [7, 11) is 0. The molecule has 2 aromatic heterocycles. The van der Waals surface area contributed by atoms with Crippen LogP contribution in [0.25, 0.3) is 38.9 Å². The van der Waals surface area contributed by atoms with E-state index in [9.17, 15) is 4.79 Å². The zero-order chi connectivity index (χ0) is 30.2. The maximum atomic E-state index is 13.0. The van der Waals surface area contributed by atoms with Crippen LogP contribution in [0.15, 0.2) is 126 Å². The van der Waals surface area contributed by atoms with Gasteiger partial charge in [0.15, 0.2) is 5.78 Å². The molecule has 1 aliphatic carbocycles. The van der Waals surface area contributed by atoms with E-state index < -0.39 is 0 Å². The Morgan fingerprint density at radius 3 is 2.22 bits per heavy atom. The van der Waals surface area contributed by atoms with Crippen molar-refractivity contribution in [3.8, 4) is 22.4 Å². The number of fused-ring (bicyclic) bond motifs is 2. The average Bonchev–Trinajstić information content (AvgIpc) is 3.78. The second-order valence-corrected chi connectivity index (χ2v) is 11.1. The number of rotatable bonds is 3. The fraction of sp³-hybridized carbons (Fsp3) is 0.0750. The predicted molar refractivity (Wildman–Crippen MR) is 179 cm³/mol. The number of benzene rings is 4. The first-order chi connectivity index (χ1) is 21.5. The number of allylic oxidation sites excluding steroid dienone is 2. The van der Waals surface area contributed by atoms with E-state index in [0.29, 0.717) is 0 Å². The molecule has 3 heterocycles. The van der Waals surface area contributed by atoms with Crippen molar-refractivity contribution in [3.05, 3.63) is 166 Å². The minimum Gasteiger partial charge on any atom is -0.664 e. The van der Waals surface area contributed by atoms with Gasteiger partial charge in [-0.3, -0.25) is 14.8 Å². The van der Waals surface area contributed by atoms with Gasteiger partial charge in [0.1, 0.15) is 0 Å². The van der Waals surface area contributed by atoms with Gasteiger partial charge in [0.05, 0.1) is 11.2 Å². The molecule has 2 aliphatic rings. The normalized spacial score (nSPS) is 13.6. The number of aliphatic imine (C=N–C) groups is 1. The van der Waals surface area contributed by atoms with Gasteiger partial charge in [-0.1, -0.05) is 72.3 Å². The second kappa shape index (κ2) is 12.6. The van der Waals surface area contributed by atoms with E-state index in [0.717, 1.165) is 61.4 Å². The third-order valence-corrected chi connectivity index (χ3v) is 8.07. The van der Waals surface area contributed by atoms with Crippen molar-refractivity contribution in [1.29, 1.82) is 0 Å². The van der Waals surface area contributed by atoms with Gasteiger partial charge in [-0.25, -0.2) is 0 Å². The third-order valence-electron chi connectivity index (χ3n) is 8.07. The van der Waals surface area contributed by atoms with Crippen molar-refractivity contribution in [3.63, 3.8) is 0 Å². The molecule has 45 heavy (non-hydrogen) atoms. The van der Waals surface area contributed by atoms with Crippen LogP contribution in [0.1, 0.15) is 43.9 Å². The molecule has 0 bridgehead atoms. The van der Waals surface area contributed by atoms with Crippen molar-refractivity contribution in [1.82, 2.24) is 9.97 Å². The molecule has 0 atom stereocenters. The summed E-state index contributed by atoms with van der Waals surface area (Å²) < 4.78 is 0. The first kappa shape index (κ1) is 30.1. The molecule has 4 aromatic carbocycles. The maximum Gasteiger partial charge on any atom is 0.193 e. The van der Waals surface area contributed by atoms with Gasteiger partial charge in [0.25, 0.3) is 0 Å². The van der Waals surface area contributed by atoms with Gasteiger partial charge in [-0.2, -0.15) is 6.20 Å². The van der Waals surface area contributed by atoms with Crippen LogP contribution in [0.4, 0.5) is 0 Å². The molecule has 0 saturated carbocycles. The molecular formula is C40H29IrN3O-2. The minimum absolute atomic E-state index is 0. The van der Waals surface area contributed by atoms with E-state index in [4.69, 9.17) is 4.98 Å². The summed E-state index contributed by atoms with van der Waals surface area (Å²) >= 11 is 0. The number of nitrogens with zero attached hydrogens (tertiary/aromatic N) is 3. The molecule has 221 valence electrons. The van der Waals surface area contributed by atoms with Gasteiger partial charge in [-0.05, 0) is 78.1 Å². The second-order valence-electron chi connectivity index (χ2n) is 11.1. The molecule has 8 rings (SSSR count). The van der Waals surface area contributed by atoms with Crippen molar-refractivity contribution in [2.24, 2.45) is 4.99 Å². The van der Waals surface area contributed by atoms with Crippen molar-refractivity contribution < 1.29 is 24.9 Å². The largest absolute Gasteiger partial charge is 0.664 e. The number of hydrogen-bond acceptors (Lipinski definition) is 3. The zero-order valence-electron chi connectivity index (χ0n) is 25.1. The number of carbonyl (C=O) groups is 1. The minimum atomic E-state index is 0. The average molecular weight is 760 g/mol. The van der Waals surface area contributed by atoms with Crippen LogP contribution < -0.4 is 4.98 Å². The number of ketones is 1. The van der Waals surface area contributed by atoms with Gasteiger partial charge < -0.3 is 4.98 Å². The number of aromatic nitrogens is 2. The Labute approximate surface area is 276 Å². The van der Waals surface area contributed by atoms with E-state index in [1.54, 1.807) is 0 Å². The molecular weight excluding hydrogens is 731 g/mol. The predicted octanol–water partition coefficient (Wildman–Crippen LogP) is 8.88. The molecule has 1 aliphatic heterocycles. The fourth-order valence-electron chi connectivity index (χ4n) is 6.30. The maximum absolute atomic E-state index is 13.0. The van der Waals surface area contributed by atoms with Gasteiger partial charge in [0.2, 0.25) is 0 Å². The van der Waals surface area contributed by atoms with Crippen LogP contribution in [-0.4, -0.2) is 17.0 Å². The van der Waals surface area contributed by atoms with Crippen LogP contribution in [0.3, 0.4) is 0 Å². The molecule has 0 saturated heterocycles. The van der Waals surface area contributed by atoms with Crippen molar-refractivity contribution in [2.45, 2.75) is 20.8 Å². The molecule has 0 fully saturated rings. The van der Waals surface area contributed by atoms with E-state index in [2.05, 4.69) is 55.0 Å². The third kappa shape index (κ3) is 5.57. The van der Waals surface area contributed by atoms with E-state index in [-0.39, 0.29) is 25.9 Å². The van der Waals surface area contributed by atoms with Crippen LogP contribution in [0.2, 0.25) is 0 Å². The standard InChI is InChI=1S/C22H12NO.C18H17N2.Ir/c24-22-17-10-5-4-9-15(17)16-11-6-12-19-21(16)18(22)13-20(23-19)14-7-2-1-3-8-14;1-12-10-13(2)17(14(3)11-12)18(15-6-4-8-19-15)16-7-5-9-20-16;/h1-7,9-13H;4-11H,1-3H3;/q2*-1;/b;18-15+;. The molecule has 0 N–H and O–H groups in total. The van der Waals surface area contributed by atoms with Crippen molar-refractivity contribution >= 4 is 28.5 Å². The molecule has 0 spiro atoms. The first-order valence-corrected chi connectivity index (χ1v) is 14.7. The summed E-state index contributed by atoms with van der Waals surface area (Å²) in [6, 6.07) is 35.1. The summed E-state index contributed by atoms with van der Waals surface area (Å²) in [5.41, 5.74) is 14.2. The Balaban J connectivity index is 0.000000158. The molecule has 5 heteroatoms. The summed E-state index contributed by atoms with van der Waals surface area (Å²) in [6.07, 6.45) is 7.67. The van der Waals surface area contributed by atoms with E-state index in [1.165, 1.54) is 22.3 Å².